The van der Waals surface area contributed by atoms with Crippen molar-refractivity contribution in [3.05, 3.63) is 21.3 Å². The third kappa shape index (κ3) is 3.39. The molecule has 0 saturated carbocycles. The first-order valence-electron chi connectivity index (χ1n) is 6.01. The SMILES string of the molecule is CC(NC(=O)N1CCC(C(=O)O)C1)c1ccc(Cl)s1. The van der Waals surface area contributed by atoms with Crippen LogP contribution in [0.5, 0.6) is 0 Å². The van der Waals surface area contributed by atoms with Crippen molar-refractivity contribution in [3.63, 3.8) is 0 Å². The maximum absolute atomic E-state index is 12.0. The first kappa shape index (κ1) is 14.1. The summed E-state index contributed by atoms with van der Waals surface area (Å²) in [7, 11) is 0. The van der Waals surface area contributed by atoms with Gasteiger partial charge >= 0.3 is 12.0 Å². The maximum atomic E-state index is 12.0. The number of hydrogen-bond donors (Lipinski definition) is 2. The number of nitrogens with one attached hydrogen (secondary N) is 1. The van der Waals surface area contributed by atoms with E-state index in [1.54, 1.807) is 11.0 Å². The van der Waals surface area contributed by atoms with Gasteiger partial charge in [-0.2, -0.15) is 0 Å². The molecule has 2 amide bonds. The van der Waals surface area contributed by atoms with E-state index in [4.69, 9.17) is 16.7 Å². The molecule has 1 saturated heterocycles. The van der Waals surface area contributed by atoms with Crippen LogP contribution < -0.4 is 5.32 Å². The van der Waals surface area contributed by atoms with Gasteiger partial charge in [0.2, 0.25) is 0 Å². The summed E-state index contributed by atoms with van der Waals surface area (Å²) in [5.41, 5.74) is 0. The first-order valence-corrected chi connectivity index (χ1v) is 7.20. The summed E-state index contributed by atoms with van der Waals surface area (Å²) < 4.78 is 0.684. The van der Waals surface area contributed by atoms with Gasteiger partial charge in [0.25, 0.3) is 0 Å². The molecule has 7 heteroatoms. The lowest BCUT2D eigenvalue weighted by atomic mass is 10.1. The van der Waals surface area contributed by atoms with Crippen molar-refractivity contribution in [3.8, 4) is 0 Å². The van der Waals surface area contributed by atoms with Crippen LogP contribution in [-0.2, 0) is 4.79 Å². The fraction of sp³-hybridized carbons (Fsp3) is 0.500. The number of carbonyl (C=O) groups excluding carboxylic acids is 1. The average molecular weight is 303 g/mol. The second-order valence-corrected chi connectivity index (χ2v) is 6.33. The zero-order chi connectivity index (χ0) is 14.0. The van der Waals surface area contributed by atoms with Crippen molar-refractivity contribution in [2.24, 2.45) is 5.92 Å². The number of aliphatic carboxylic acids is 1. The number of nitrogens with zero attached hydrogens (tertiary/aromatic N) is 1. The van der Waals surface area contributed by atoms with E-state index in [0.29, 0.717) is 17.3 Å². The van der Waals surface area contributed by atoms with E-state index in [1.165, 1.54) is 11.3 Å². The van der Waals surface area contributed by atoms with Crippen molar-refractivity contribution < 1.29 is 14.7 Å². The smallest absolute Gasteiger partial charge is 0.317 e. The summed E-state index contributed by atoms with van der Waals surface area (Å²) in [6.45, 7) is 2.64. The van der Waals surface area contributed by atoms with E-state index in [0.717, 1.165) is 4.88 Å². The number of carbonyl (C=O) groups is 2. The van der Waals surface area contributed by atoms with Crippen LogP contribution in [0.3, 0.4) is 0 Å². The summed E-state index contributed by atoms with van der Waals surface area (Å²) in [4.78, 5) is 25.4. The highest BCUT2D eigenvalue weighted by molar-refractivity contribution is 7.16. The Morgan fingerprint density at radius 1 is 1.58 bits per heavy atom. The summed E-state index contributed by atoms with van der Waals surface area (Å²) >= 11 is 7.28. The Kier molecular flexibility index (Phi) is 4.31. The molecule has 0 bridgehead atoms. The van der Waals surface area contributed by atoms with Gasteiger partial charge in [-0.1, -0.05) is 11.6 Å². The molecule has 5 nitrogen and oxygen atoms in total. The summed E-state index contributed by atoms with van der Waals surface area (Å²) in [6, 6.07) is 3.32. The van der Waals surface area contributed by atoms with Crippen LogP contribution in [0.25, 0.3) is 0 Å². The van der Waals surface area contributed by atoms with E-state index in [2.05, 4.69) is 5.32 Å². The number of carboxylic acid groups (broad SMARTS) is 1. The first-order chi connectivity index (χ1) is 8.97. The topological polar surface area (TPSA) is 69.6 Å². The monoisotopic (exact) mass is 302 g/mol. The highest BCUT2D eigenvalue weighted by atomic mass is 35.5. The van der Waals surface area contributed by atoms with Crippen molar-refractivity contribution in [2.45, 2.75) is 19.4 Å². The largest absolute Gasteiger partial charge is 0.481 e. The molecule has 0 aromatic carbocycles. The minimum atomic E-state index is -0.839. The molecule has 1 aromatic heterocycles. The molecule has 104 valence electrons. The van der Waals surface area contributed by atoms with E-state index in [9.17, 15) is 9.59 Å². The Balaban J connectivity index is 1.89. The third-order valence-corrected chi connectivity index (χ3v) is 4.60. The predicted molar refractivity (Wildman–Crippen MR) is 73.6 cm³/mol. The van der Waals surface area contributed by atoms with Gasteiger partial charge in [-0.05, 0) is 25.5 Å². The second-order valence-electron chi connectivity index (χ2n) is 4.58. The number of likely N-dealkylation sites (tertiary alicyclic amines) is 1. The molecule has 2 N–H and O–H groups in total. The van der Waals surface area contributed by atoms with Gasteiger partial charge in [0.1, 0.15) is 0 Å². The number of urea groups is 1. The van der Waals surface area contributed by atoms with Crippen molar-refractivity contribution >= 4 is 34.9 Å². The molecule has 0 aliphatic carbocycles. The van der Waals surface area contributed by atoms with Gasteiger partial charge < -0.3 is 15.3 Å². The highest BCUT2D eigenvalue weighted by Gasteiger charge is 2.31. The Morgan fingerprint density at radius 3 is 2.84 bits per heavy atom. The maximum Gasteiger partial charge on any atom is 0.317 e. The van der Waals surface area contributed by atoms with Crippen LogP contribution in [-0.4, -0.2) is 35.1 Å². The van der Waals surface area contributed by atoms with E-state index in [-0.39, 0.29) is 18.6 Å². The standard InChI is InChI=1S/C12H15ClN2O3S/c1-7(9-2-3-10(13)19-9)14-12(18)15-5-4-8(6-15)11(16)17/h2-3,7-8H,4-6H2,1H3,(H,14,18)(H,16,17). The molecule has 0 radical (unpaired) electrons. The second kappa shape index (κ2) is 5.79. The van der Waals surface area contributed by atoms with Crippen molar-refractivity contribution in [2.75, 3.05) is 13.1 Å². The number of amides is 2. The lowest BCUT2D eigenvalue weighted by Crippen LogP contribution is -2.39. The lowest BCUT2D eigenvalue weighted by Gasteiger charge is -2.20. The molecule has 2 rings (SSSR count). The van der Waals surface area contributed by atoms with Crippen LogP contribution >= 0.6 is 22.9 Å². The Labute approximate surface area is 120 Å². The molecule has 1 aliphatic rings. The Hall–Kier alpha value is -1.27. The molecule has 2 heterocycles. The van der Waals surface area contributed by atoms with Crippen LogP contribution in [0.4, 0.5) is 4.79 Å². The molecule has 19 heavy (non-hydrogen) atoms. The van der Waals surface area contributed by atoms with Gasteiger partial charge in [0.15, 0.2) is 0 Å². The molecule has 1 fully saturated rings. The molecule has 2 atom stereocenters. The van der Waals surface area contributed by atoms with Gasteiger partial charge in [-0.25, -0.2) is 4.79 Å². The molecule has 1 aromatic rings. The minimum Gasteiger partial charge on any atom is -0.481 e. The van der Waals surface area contributed by atoms with Gasteiger partial charge in [0.05, 0.1) is 16.3 Å². The molecular weight excluding hydrogens is 288 g/mol. The number of hydrogen-bond acceptors (Lipinski definition) is 3. The minimum absolute atomic E-state index is 0.131. The van der Waals surface area contributed by atoms with Crippen LogP contribution in [0.1, 0.15) is 24.3 Å². The van der Waals surface area contributed by atoms with Crippen LogP contribution in [0.2, 0.25) is 4.34 Å². The van der Waals surface area contributed by atoms with Gasteiger partial charge in [0, 0.05) is 18.0 Å². The average Bonchev–Trinajstić information content (AvgIpc) is 2.96. The van der Waals surface area contributed by atoms with Crippen molar-refractivity contribution in [1.29, 1.82) is 0 Å². The van der Waals surface area contributed by atoms with E-state index in [1.807, 2.05) is 13.0 Å². The van der Waals surface area contributed by atoms with E-state index >= 15 is 0 Å². The normalized spacial score (nSPS) is 20.3. The Bertz CT molecular complexity index is 491. The fourth-order valence-corrected chi connectivity index (χ4v) is 3.12. The molecular formula is C12H15ClN2O3S. The number of carboxylic acids is 1. The van der Waals surface area contributed by atoms with Gasteiger partial charge in [-0.3, -0.25) is 4.79 Å². The zero-order valence-electron chi connectivity index (χ0n) is 10.4. The van der Waals surface area contributed by atoms with Crippen molar-refractivity contribution in [1.82, 2.24) is 10.2 Å². The predicted octanol–water partition coefficient (Wildman–Crippen LogP) is 2.58. The molecule has 1 aliphatic heterocycles. The van der Waals surface area contributed by atoms with Crippen LogP contribution in [0.15, 0.2) is 12.1 Å². The summed E-state index contributed by atoms with van der Waals surface area (Å²) in [5, 5.41) is 11.8. The number of halogens is 1. The van der Waals surface area contributed by atoms with Crippen LogP contribution in [0, 0.1) is 5.92 Å². The fourth-order valence-electron chi connectivity index (χ4n) is 2.05. The third-order valence-electron chi connectivity index (χ3n) is 3.19. The summed E-state index contributed by atoms with van der Waals surface area (Å²) in [6.07, 6.45) is 0.516. The molecule has 0 spiro atoms. The number of thiophene rings is 1. The zero-order valence-corrected chi connectivity index (χ0v) is 12.0. The highest BCUT2D eigenvalue weighted by Crippen LogP contribution is 2.27. The van der Waals surface area contributed by atoms with Gasteiger partial charge in [-0.15, -0.1) is 11.3 Å². The number of rotatable bonds is 3. The summed E-state index contributed by atoms with van der Waals surface area (Å²) in [5.74, 6) is -1.29. The lowest BCUT2D eigenvalue weighted by molar-refractivity contribution is -0.141. The van der Waals surface area contributed by atoms with E-state index < -0.39 is 11.9 Å². The molecule has 2 unspecified atom stereocenters. The quantitative estimate of drug-likeness (QED) is 0.901. The Morgan fingerprint density at radius 2 is 2.32 bits per heavy atom.